The smallest absolute Gasteiger partial charge is 0.256 e. The molecule has 0 aliphatic rings. The number of aromatic nitrogens is 1. The molecule has 2 aromatic carbocycles. The lowest BCUT2D eigenvalue weighted by Crippen LogP contribution is -2.35. The quantitative estimate of drug-likeness (QED) is 0.642. The Morgan fingerprint density at radius 2 is 1.76 bits per heavy atom. The summed E-state index contributed by atoms with van der Waals surface area (Å²) in [7, 11) is 3.18. The summed E-state index contributed by atoms with van der Waals surface area (Å²) in [6.45, 7) is -0.0742. The fourth-order valence-electron chi connectivity index (χ4n) is 2.60. The van der Waals surface area contributed by atoms with E-state index in [4.69, 9.17) is 4.74 Å². The van der Waals surface area contributed by atoms with E-state index < -0.39 is 0 Å². The maximum atomic E-state index is 12.9. The zero-order valence-electron chi connectivity index (χ0n) is 16.2. The van der Waals surface area contributed by atoms with Crippen LogP contribution in [0.5, 0.6) is 5.75 Å². The Kier molecular flexibility index (Phi) is 6.86. The summed E-state index contributed by atoms with van der Waals surface area (Å²) in [5, 5.41) is 3.38. The minimum absolute atomic E-state index is 0.0742. The highest BCUT2D eigenvalue weighted by Gasteiger charge is 2.19. The summed E-state index contributed by atoms with van der Waals surface area (Å²) >= 11 is 1.41. The van der Waals surface area contributed by atoms with Crippen molar-refractivity contribution in [1.82, 2.24) is 9.88 Å². The lowest BCUT2D eigenvalue weighted by Gasteiger charge is -2.18. The molecule has 0 saturated carbocycles. The first-order valence-corrected chi connectivity index (χ1v) is 9.76. The van der Waals surface area contributed by atoms with Gasteiger partial charge in [-0.25, -0.2) is 4.98 Å². The molecule has 0 bridgehead atoms. The van der Waals surface area contributed by atoms with Crippen molar-refractivity contribution in [3.63, 3.8) is 0 Å². The second kappa shape index (κ2) is 9.75. The van der Waals surface area contributed by atoms with Crippen LogP contribution in [0.3, 0.4) is 0 Å². The van der Waals surface area contributed by atoms with Gasteiger partial charge in [0.05, 0.1) is 19.2 Å². The third-order valence-electron chi connectivity index (χ3n) is 4.06. The zero-order chi connectivity index (χ0) is 20.6. The first kappa shape index (κ1) is 20.4. The number of carbonyl (C=O) groups excluding carboxylic acids is 2. The summed E-state index contributed by atoms with van der Waals surface area (Å²) in [4.78, 5) is 31.9. The average molecular weight is 407 g/mol. The highest BCUT2D eigenvalue weighted by molar-refractivity contribution is 7.99. The Hall–Kier alpha value is -3.32. The van der Waals surface area contributed by atoms with Gasteiger partial charge in [-0.3, -0.25) is 9.59 Å². The normalized spacial score (nSPS) is 10.3. The van der Waals surface area contributed by atoms with Gasteiger partial charge in [0.1, 0.15) is 10.8 Å². The molecule has 0 fully saturated rings. The van der Waals surface area contributed by atoms with Crippen LogP contribution in [0.25, 0.3) is 0 Å². The summed E-state index contributed by atoms with van der Waals surface area (Å²) in [6, 6.07) is 20.2. The lowest BCUT2D eigenvalue weighted by molar-refractivity contribution is -0.116. The van der Waals surface area contributed by atoms with Crippen molar-refractivity contribution >= 4 is 29.3 Å². The van der Waals surface area contributed by atoms with Crippen LogP contribution in [-0.2, 0) is 4.79 Å². The number of likely N-dealkylation sites (N-methyl/N-ethyl adjacent to an activating group) is 1. The SMILES string of the molecule is COc1ccc(NC(=O)CN(C)C(=O)c2cccnc2Sc2ccccc2)cc1. The van der Waals surface area contributed by atoms with Crippen molar-refractivity contribution in [3.8, 4) is 5.75 Å². The van der Waals surface area contributed by atoms with Gasteiger partial charge in [-0.1, -0.05) is 30.0 Å². The minimum atomic E-state index is -0.285. The fourth-order valence-corrected chi connectivity index (χ4v) is 3.50. The topological polar surface area (TPSA) is 71.5 Å². The number of nitrogens with zero attached hydrogens (tertiary/aromatic N) is 2. The van der Waals surface area contributed by atoms with Crippen LogP contribution in [0.2, 0.25) is 0 Å². The van der Waals surface area contributed by atoms with E-state index in [9.17, 15) is 9.59 Å². The van der Waals surface area contributed by atoms with Crippen molar-refractivity contribution in [1.29, 1.82) is 0 Å². The van der Waals surface area contributed by atoms with E-state index in [1.165, 1.54) is 16.7 Å². The Morgan fingerprint density at radius 1 is 1.03 bits per heavy atom. The number of pyridine rings is 1. The van der Waals surface area contributed by atoms with Crippen LogP contribution in [0.4, 0.5) is 5.69 Å². The minimum Gasteiger partial charge on any atom is -0.497 e. The Morgan fingerprint density at radius 3 is 2.45 bits per heavy atom. The summed E-state index contributed by atoms with van der Waals surface area (Å²) < 4.78 is 5.10. The number of methoxy groups -OCH3 is 1. The summed E-state index contributed by atoms with van der Waals surface area (Å²) in [6.07, 6.45) is 1.65. The van der Waals surface area contributed by atoms with E-state index in [1.54, 1.807) is 56.8 Å². The predicted octanol–water partition coefficient (Wildman–Crippen LogP) is 3.95. The molecule has 0 aliphatic heterocycles. The lowest BCUT2D eigenvalue weighted by atomic mass is 10.2. The third-order valence-corrected chi connectivity index (χ3v) is 5.09. The molecule has 1 N–H and O–H groups in total. The van der Waals surface area contributed by atoms with Crippen LogP contribution in [0.15, 0.2) is 82.8 Å². The standard InChI is InChI=1S/C22H21N3O3S/c1-25(15-20(26)24-16-10-12-17(28-2)13-11-16)22(27)19-9-6-14-23-21(19)29-18-7-4-3-5-8-18/h3-14H,15H2,1-2H3,(H,24,26). The van der Waals surface area contributed by atoms with Gasteiger partial charge in [-0.15, -0.1) is 0 Å². The van der Waals surface area contributed by atoms with Crippen molar-refractivity contribution < 1.29 is 14.3 Å². The molecule has 6 nitrogen and oxygen atoms in total. The molecule has 0 aliphatic carbocycles. The van der Waals surface area contributed by atoms with E-state index >= 15 is 0 Å². The van der Waals surface area contributed by atoms with Crippen molar-refractivity contribution in [2.75, 3.05) is 26.0 Å². The van der Waals surface area contributed by atoms with Crippen molar-refractivity contribution in [2.24, 2.45) is 0 Å². The van der Waals surface area contributed by atoms with Gasteiger partial charge in [0.15, 0.2) is 0 Å². The maximum Gasteiger partial charge on any atom is 0.256 e. The third kappa shape index (κ3) is 5.58. The van der Waals surface area contributed by atoms with E-state index in [0.29, 0.717) is 22.0 Å². The highest BCUT2D eigenvalue weighted by atomic mass is 32.2. The average Bonchev–Trinajstić information content (AvgIpc) is 2.75. The molecule has 3 aromatic rings. The van der Waals surface area contributed by atoms with Gasteiger partial charge >= 0.3 is 0 Å². The molecular formula is C22H21N3O3S. The van der Waals surface area contributed by atoms with Crippen LogP contribution >= 0.6 is 11.8 Å². The molecule has 148 valence electrons. The maximum absolute atomic E-state index is 12.9. The Bertz CT molecular complexity index is 978. The second-order valence-corrected chi connectivity index (χ2v) is 7.27. The van der Waals surface area contributed by atoms with Gasteiger partial charge in [0.2, 0.25) is 5.91 Å². The number of benzene rings is 2. The van der Waals surface area contributed by atoms with Crippen molar-refractivity contribution in [3.05, 3.63) is 78.5 Å². The fraction of sp³-hybridized carbons (Fsp3) is 0.136. The summed E-state index contributed by atoms with van der Waals surface area (Å²) in [5.41, 5.74) is 1.10. The highest BCUT2D eigenvalue weighted by Crippen LogP contribution is 2.28. The zero-order valence-corrected chi connectivity index (χ0v) is 17.0. The number of anilines is 1. The Balaban J connectivity index is 1.65. The number of rotatable bonds is 7. The van der Waals surface area contributed by atoms with E-state index in [0.717, 1.165) is 4.90 Å². The van der Waals surface area contributed by atoms with E-state index in [2.05, 4.69) is 10.3 Å². The number of amides is 2. The Labute approximate surface area is 173 Å². The van der Waals surface area contributed by atoms with Gasteiger partial charge in [-0.05, 0) is 48.5 Å². The number of nitrogens with one attached hydrogen (secondary N) is 1. The number of hydrogen-bond donors (Lipinski definition) is 1. The van der Waals surface area contributed by atoms with Gasteiger partial charge in [-0.2, -0.15) is 0 Å². The van der Waals surface area contributed by atoms with Crippen LogP contribution in [-0.4, -0.2) is 42.4 Å². The van der Waals surface area contributed by atoms with Crippen molar-refractivity contribution in [2.45, 2.75) is 9.92 Å². The van der Waals surface area contributed by atoms with Crippen LogP contribution in [0, 0.1) is 0 Å². The van der Waals surface area contributed by atoms with Gasteiger partial charge in [0.25, 0.3) is 5.91 Å². The molecule has 0 spiro atoms. The molecule has 1 aromatic heterocycles. The summed E-state index contributed by atoms with van der Waals surface area (Å²) in [5.74, 6) is 0.156. The predicted molar refractivity (Wildman–Crippen MR) is 113 cm³/mol. The molecule has 2 amide bonds. The molecule has 29 heavy (non-hydrogen) atoms. The van der Waals surface area contributed by atoms with E-state index in [1.807, 2.05) is 30.3 Å². The largest absolute Gasteiger partial charge is 0.497 e. The number of ether oxygens (including phenoxy) is 1. The molecule has 7 heteroatoms. The van der Waals surface area contributed by atoms with Gasteiger partial charge < -0.3 is 15.0 Å². The monoisotopic (exact) mass is 407 g/mol. The van der Waals surface area contributed by atoms with Crippen LogP contribution in [0.1, 0.15) is 10.4 Å². The number of hydrogen-bond acceptors (Lipinski definition) is 5. The second-order valence-electron chi connectivity index (χ2n) is 6.21. The molecular weight excluding hydrogens is 386 g/mol. The molecule has 0 atom stereocenters. The van der Waals surface area contributed by atoms with E-state index in [-0.39, 0.29) is 18.4 Å². The molecule has 3 rings (SSSR count). The first-order valence-electron chi connectivity index (χ1n) is 8.94. The molecule has 1 heterocycles. The van der Waals surface area contributed by atoms with Gasteiger partial charge in [0, 0.05) is 23.8 Å². The first-order chi connectivity index (χ1) is 14.1. The number of carbonyl (C=O) groups is 2. The van der Waals surface area contributed by atoms with Crippen LogP contribution < -0.4 is 10.1 Å². The molecule has 0 saturated heterocycles. The molecule has 0 unspecified atom stereocenters. The molecule has 0 radical (unpaired) electrons.